The molecule has 0 aromatic heterocycles. The largest absolute Gasteiger partial charge is 0.493 e. The Morgan fingerprint density at radius 1 is 1.42 bits per heavy atom. The highest BCUT2D eigenvalue weighted by Crippen LogP contribution is 2.27. The summed E-state index contributed by atoms with van der Waals surface area (Å²) in [6, 6.07) is 7.82. The van der Waals surface area contributed by atoms with Gasteiger partial charge in [0.05, 0.1) is 6.26 Å². The maximum atomic E-state index is 5.65. The Hall–Kier alpha value is -1.44. The lowest BCUT2D eigenvalue weighted by molar-refractivity contribution is 0.173. The first kappa shape index (κ1) is 7.22. The van der Waals surface area contributed by atoms with Crippen LogP contribution in [0, 0.1) is 0 Å². The van der Waals surface area contributed by atoms with E-state index in [-0.39, 0.29) is 6.10 Å². The molecule has 2 nitrogen and oxygen atoms in total. The molecule has 2 N–H and O–H groups in total. The summed E-state index contributed by atoms with van der Waals surface area (Å²) < 4.78 is 5.36. The molecule has 0 radical (unpaired) electrons. The summed E-state index contributed by atoms with van der Waals surface area (Å²) >= 11 is 0. The molecule has 1 aromatic rings. The molecule has 1 aromatic carbocycles. The fourth-order valence-corrected chi connectivity index (χ4v) is 1.36. The predicted molar refractivity (Wildman–Crippen MR) is 48.4 cm³/mol. The molecule has 0 saturated heterocycles. The van der Waals surface area contributed by atoms with Crippen LogP contribution in [0.4, 0.5) is 5.69 Å². The number of benzene rings is 1. The van der Waals surface area contributed by atoms with Crippen LogP contribution in [-0.4, -0.2) is 0 Å². The predicted octanol–water partition coefficient (Wildman–Crippen LogP) is 2.24. The van der Waals surface area contributed by atoms with E-state index in [1.807, 2.05) is 30.3 Å². The molecule has 0 fully saturated rings. The Kier molecular flexibility index (Phi) is 1.74. The number of rotatable bonds is 1. The van der Waals surface area contributed by atoms with Gasteiger partial charge in [-0.3, -0.25) is 0 Å². The molecule has 1 heterocycles. The molecule has 0 amide bonds. The van der Waals surface area contributed by atoms with Crippen LogP contribution in [0.1, 0.15) is 18.1 Å². The Morgan fingerprint density at radius 2 is 2.33 bits per heavy atom. The Balaban J connectivity index is 2.22. The monoisotopic (exact) mass is 161 g/mol. The first-order valence-electron chi connectivity index (χ1n) is 4.02. The van der Waals surface area contributed by atoms with Gasteiger partial charge in [0.2, 0.25) is 0 Å². The molecule has 1 aliphatic rings. The summed E-state index contributed by atoms with van der Waals surface area (Å²) in [6.07, 6.45) is 4.89. The summed E-state index contributed by atoms with van der Waals surface area (Å²) in [4.78, 5) is 0. The molecule has 1 atom stereocenters. The molecule has 62 valence electrons. The van der Waals surface area contributed by atoms with Crippen LogP contribution in [0.2, 0.25) is 0 Å². The molecule has 1 unspecified atom stereocenters. The van der Waals surface area contributed by atoms with Crippen LogP contribution in [0.15, 0.2) is 36.6 Å². The lowest BCUT2D eigenvalue weighted by Gasteiger charge is -2.10. The smallest absolute Gasteiger partial charge is 0.126 e. The van der Waals surface area contributed by atoms with Gasteiger partial charge >= 0.3 is 0 Å². The van der Waals surface area contributed by atoms with Gasteiger partial charge in [0, 0.05) is 12.1 Å². The van der Waals surface area contributed by atoms with Crippen LogP contribution < -0.4 is 5.73 Å². The van der Waals surface area contributed by atoms with Crippen molar-refractivity contribution in [3.63, 3.8) is 0 Å². The van der Waals surface area contributed by atoms with Crippen molar-refractivity contribution in [1.82, 2.24) is 0 Å². The van der Waals surface area contributed by atoms with E-state index in [9.17, 15) is 0 Å². The normalized spacial score (nSPS) is 20.8. The van der Waals surface area contributed by atoms with Gasteiger partial charge in [0.1, 0.15) is 6.10 Å². The van der Waals surface area contributed by atoms with Crippen molar-refractivity contribution in [2.24, 2.45) is 0 Å². The number of nitrogen functional groups attached to an aromatic ring is 1. The summed E-state index contributed by atoms with van der Waals surface area (Å²) in [7, 11) is 0. The quantitative estimate of drug-likeness (QED) is 0.641. The minimum atomic E-state index is 0.175. The molecular formula is C10H11NO. The second kappa shape index (κ2) is 2.89. The van der Waals surface area contributed by atoms with Crippen molar-refractivity contribution in [3.05, 3.63) is 42.2 Å². The van der Waals surface area contributed by atoms with Gasteiger partial charge < -0.3 is 10.5 Å². The summed E-state index contributed by atoms with van der Waals surface area (Å²) in [5.41, 5.74) is 7.60. The Labute approximate surface area is 71.6 Å². The summed E-state index contributed by atoms with van der Waals surface area (Å²) in [6.45, 7) is 0. The third-order valence-corrected chi connectivity index (χ3v) is 1.97. The lowest BCUT2D eigenvalue weighted by Crippen LogP contribution is -1.96. The van der Waals surface area contributed by atoms with E-state index in [4.69, 9.17) is 10.5 Å². The second-order valence-corrected chi connectivity index (χ2v) is 2.90. The molecule has 0 aliphatic carbocycles. The van der Waals surface area contributed by atoms with Crippen molar-refractivity contribution < 1.29 is 4.74 Å². The van der Waals surface area contributed by atoms with Crippen molar-refractivity contribution >= 4 is 5.69 Å². The minimum absolute atomic E-state index is 0.175. The van der Waals surface area contributed by atoms with E-state index >= 15 is 0 Å². The number of ether oxygens (including phenoxy) is 1. The van der Waals surface area contributed by atoms with Crippen LogP contribution >= 0.6 is 0 Å². The van der Waals surface area contributed by atoms with Gasteiger partial charge in [-0.1, -0.05) is 12.1 Å². The number of anilines is 1. The standard InChI is InChI=1S/C10H11NO/c11-9-4-1-3-8(7-9)10-5-2-6-12-10/h1-4,6-7,10H,5,11H2. The molecular weight excluding hydrogens is 150 g/mol. The summed E-state index contributed by atoms with van der Waals surface area (Å²) in [5.74, 6) is 0. The van der Waals surface area contributed by atoms with Crippen LogP contribution in [0.25, 0.3) is 0 Å². The van der Waals surface area contributed by atoms with Gasteiger partial charge in [-0.2, -0.15) is 0 Å². The molecule has 1 aliphatic heterocycles. The van der Waals surface area contributed by atoms with Gasteiger partial charge in [-0.15, -0.1) is 0 Å². The van der Waals surface area contributed by atoms with E-state index in [2.05, 4.69) is 0 Å². The average Bonchev–Trinajstić information content (AvgIpc) is 2.56. The van der Waals surface area contributed by atoms with E-state index in [0.717, 1.165) is 17.7 Å². The fraction of sp³-hybridized carbons (Fsp3) is 0.200. The fourth-order valence-electron chi connectivity index (χ4n) is 1.36. The van der Waals surface area contributed by atoms with Crippen molar-refractivity contribution in [2.75, 3.05) is 5.73 Å². The van der Waals surface area contributed by atoms with E-state index in [0.29, 0.717) is 0 Å². The Bertz CT molecular complexity index is 298. The highest BCUT2D eigenvalue weighted by molar-refractivity contribution is 5.41. The maximum Gasteiger partial charge on any atom is 0.126 e. The van der Waals surface area contributed by atoms with Gasteiger partial charge in [0.15, 0.2) is 0 Å². The van der Waals surface area contributed by atoms with Gasteiger partial charge in [0.25, 0.3) is 0 Å². The molecule has 2 rings (SSSR count). The highest BCUT2D eigenvalue weighted by atomic mass is 16.5. The number of hydrogen-bond acceptors (Lipinski definition) is 2. The third-order valence-electron chi connectivity index (χ3n) is 1.97. The SMILES string of the molecule is Nc1cccc(C2CC=CO2)c1. The first-order valence-corrected chi connectivity index (χ1v) is 4.02. The molecule has 0 spiro atoms. The molecule has 0 bridgehead atoms. The van der Waals surface area contributed by atoms with Crippen molar-refractivity contribution in [2.45, 2.75) is 12.5 Å². The Morgan fingerprint density at radius 3 is 3.00 bits per heavy atom. The van der Waals surface area contributed by atoms with Crippen LogP contribution in [-0.2, 0) is 4.74 Å². The van der Waals surface area contributed by atoms with Gasteiger partial charge in [-0.05, 0) is 23.8 Å². The van der Waals surface area contributed by atoms with E-state index in [1.165, 1.54) is 0 Å². The number of nitrogens with two attached hydrogens (primary N) is 1. The molecule has 0 saturated carbocycles. The van der Waals surface area contributed by atoms with Crippen molar-refractivity contribution in [1.29, 1.82) is 0 Å². The zero-order chi connectivity index (χ0) is 8.39. The van der Waals surface area contributed by atoms with Crippen molar-refractivity contribution in [3.8, 4) is 0 Å². The second-order valence-electron chi connectivity index (χ2n) is 2.90. The van der Waals surface area contributed by atoms with E-state index in [1.54, 1.807) is 6.26 Å². The minimum Gasteiger partial charge on any atom is -0.493 e. The number of hydrogen-bond donors (Lipinski definition) is 1. The average molecular weight is 161 g/mol. The highest BCUT2D eigenvalue weighted by Gasteiger charge is 2.13. The molecule has 12 heavy (non-hydrogen) atoms. The zero-order valence-electron chi connectivity index (χ0n) is 6.73. The van der Waals surface area contributed by atoms with Crippen LogP contribution in [0.3, 0.4) is 0 Å². The first-order chi connectivity index (χ1) is 5.86. The third kappa shape index (κ3) is 1.28. The topological polar surface area (TPSA) is 35.2 Å². The van der Waals surface area contributed by atoms with Gasteiger partial charge in [-0.25, -0.2) is 0 Å². The maximum absolute atomic E-state index is 5.65. The molecule has 2 heteroatoms. The lowest BCUT2D eigenvalue weighted by atomic mass is 10.1. The zero-order valence-corrected chi connectivity index (χ0v) is 6.73. The summed E-state index contributed by atoms with van der Waals surface area (Å²) in [5, 5.41) is 0. The van der Waals surface area contributed by atoms with Crippen LogP contribution in [0.5, 0.6) is 0 Å². The van der Waals surface area contributed by atoms with E-state index < -0.39 is 0 Å².